The number of rotatable bonds is 4. The zero-order valence-electron chi connectivity index (χ0n) is 10.5. The van der Waals surface area contributed by atoms with E-state index in [1.165, 1.54) is 0 Å². The van der Waals surface area contributed by atoms with Gasteiger partial charge in [-0.15, -0.1) is 0 Å². The minimum absolute atomic E-state index is 0. The summed E-state index contributed by atoms with van der Waals surface area (Å²) in [5.41, 5.74) is 1.47. The molecule has 0 saturated carbocycles. The van der Waals surface area contributed by atoms with Gasteiger partial charge in [-0.2, -0.15) is 0 Å². The number of ketones is 2. The summed E-state index contributed by atoms with van der Waals surface area (Å²) >= 11 is 0. The van der Waals surface area contributed by atoms with Gasteiger partial charge in [0.25, 0.3) is 0 Å². The Morgan fingerprint density at radius 2 is 1.42 bits per heavy atom. The summed E-state index contributed by atoms with van der Waals surface area (Å²) in [4.78, 5) is 24.2. The summed E-state index contributed by atoms with van der Waals surface area (Å²) in [5, 5.41) is 0. The second-order valence-electron chi connectivity index (χ2n) is 3.82. The first-order valence-electron chi connectivity index (χ1n) is 5.59. The Bertz CT molecular complexity index is 603. The van der Waals surface area contributed by atoms with Gasteiger partial charge in [0, 0.05) is 11.1 Å². The van der Waals surface area contributed by atoms with Crippen molar-refractivity contribution in [3.8, 4) is 0 Å². The van der Waals surface area contributed by atoms with E-state index < -0.39 is 11.6 Å². The van der Waals surface area contributed by atoms with Crippen molar-refractivity contribution in [2.24, 2.45) is 0 Å². The Kier molecular flexibility index (Phi) is 4.92. The molecule has 3 heteroatoms. The van der Waals surface area contributed by atoms with Gasteiger partial charge in [0.15, 0.2) is 0 Å². The van der Waals surface area contributed by atoms with Gasteiger partial charge in [-0.05, 0) is 5.56 Å². The summed E-state index contributed by atoms with van der Waals surface area (Å²) in [6.45, 7) is 3.64. The van der Waals surface area contributed by atoms with Crippen LogP contribution in [0.5, 0.6) is 0 Å². The first-order valence-corrected chi connectivity index (χ1v) is 5.59. The maximum absolute atomic E-state index is 12.1. The van der Waals surface area contributed by atoms with Crippen molar-refractivity contribution >= 4 is 17.6 Å². The summed E-state index contributed by atoms with van der Waals surface area (Å²) in [5.74, 6) is -0.999. The van der Waals surface area contributed by atoms with Crippen molar-refractivity contribution in [3.05, 3.63) is 77.9 Å². The third kappa shape index (κ3) is 3.03. The Hall–Kier alpha value is -2.52. The molecule has 0 unspecified atom stereocenters. The fraction of sp³-hybridized carbons (Fsp3) is 0. The van der Waals surface area contributed by atoms with Gasteiger partial charge in [0.1, 0.15) is 0 Å². The molecule has 2 rings (SSSR count). The third-order valence-corrected chi connectivity index (χ3v) is 2.67. The van der Waals surface area contributed by atoms with Crippen molar-refractivity contribution in [3.63, 3.8) is 0 Å². The molecule has 0 aromatic heterocycles. The summed E-state index contributed by atoms with van der Waals surface area (Å²) in [6, 6.07) is 15.5. The van der Waals surface area contributed by atoms with Crippen LogP contribution in [-0.2, 0) is 0 Å². The van der Waals surface area contributed by atoms with Crippen LogP contribution in [0.2, 0.25) is 0 Å². The molecule has 0 heterocycles. The van der Waals surface area contributed by atoms with E-state index in [-0.39, 0.29) is 6.15 Å². The topological polar surface area (TPSA) is 69.1 Å². The van der Waals surface area contributed by atoms with Crippen LogP contribution in [0.25, 0.3) is 6.08 Å². The molecule has 0 amide bonds. The van der Waals surface area contributed by atoms with Crippen LogP contribution in [0.1, 0.15) is 26.3 Å². The highest BCUT2D eigenvalue weighted by molar-refractivity contribution is 6.49. The van der Waals surface area contributed by atoms with E-state index in [1.54, 1.807) is 60.7 Å². The van der Waals surface area contributed by atoms with Crippen molar-refractivity contribution < 1.29 is 9.59 Å². The van der Waals surface area contributed by atoms with Crippen LogP contribution in [0.15, 0.2) is 61.2 Å². The Morgan fingerprint density at radius 1 is 0.842 bits per heavy atom. The molecule has 2 aromatic carbocycles. The van der Waals surface area contributed by atoms with E-state index in [2.05, 4.69) is 6.58 Å². The van der Waals surface area contributed by atoms with Gasteiger partial charge < -0.3 is 6.15 Å². The van der Waals surface area contributed by atoms with Gasteiger partial charge in [-0.3, -0.25) is 9.59 Å². The minimum atomic E-state index is -0.503. The zero-order chi connectivity index (χ0) is 13.0. The molecule has 96 valence electrons. The van der Waals surface area contributed by atoms with Gasteiger partial charge in [-0.1, -0.05) is 67.3 Å². The highest BCUT2D eigenvalue weighted by Gasteiger charge is 2.19. The highest BCUT2D eigenvalue weighted by atomic mass is 16.2. The Labute approximate surface area is 112 Å². The van der Waals surface area contributed by atoms with E-state index in [1.807, 2.05) is 0 Å². The number of carbonyl (C=O) groups is 2. The fourth-order valence-corrected chi connectivity index (χ4v) is 1.72. The van der Waals surface area contributed by atoms with E-state index in [0.717, 1.165) is 0 Å². The molecule has 0 radical (unpaired) electrons. The van der Waals surface area contributed by atoms with Crippen LogP contribution in [0.4, 0.5) is 0 Å². The molecule has 0 saturated heterocycles. The molecule has 0 atom stereocenters. The van der Waals surface area contributed by atoms with Crippen molar-refractivity contribution in [1.82, 2.24) is 6.15 Å². The van der Waals surface area contributed by atoms with Crippen LogP contribution >= 0.6 is 0 Å². The molecule has 0 aliphatic heterocycles. The van der Waals surface area contributed by atoms with Crippen molar-refractivity contribution in [2.75, 3.05) is 0 Å². The molecule has 0 fully saturated rings. The average Bonchev–Trinajstić information content (AvgIpc) is 2.46. The SMILES string of the molecule is C=Cc1ccccc1C(=O)C(=O)c1ccccc1.N. The van der Waals surface area contributed by atoms with Crippen molar-refractivity contribution in [2.45, 2.75) is 0 Å². The number of benzene rings is 2. The van der Waals surface area contributed by atoms with Crippen LogP contribution in [-0.4, -0.2) is 11.6 Å². The molecule has 2 aromatic rings. The van der Waals surface area contributed by atoms with Crippen LogP contribution in [0.3, 0.4) is 0 Å². The summed E-state index contributed by atoms with van der Waals surface area (Å²) in [6.07, 6.45) is 1.57. The third-order valence-electron chi connectivity index (χ3n) is 2.67. The minimum Gasteiger partial charge on any atom is -0.344 e. The summed E-state index contributed by atoms with van der Waals surface area (Å²) in [7, 11) is 0. The zero-order valence-corrected chi connectivity index (χ0v) is 10.5. The maximum atomic E-state index is 12.1. The van der Waals surface area contributed by atoms with E-state index in [9.17, 15) is 9.59 Å². The quantitative estimate of drug-likeness (QED) is 0.669. The number of Topliss-reactive ketones (excluding diaryl/α,β-unsaturated/α-hetero) is 2. The van der Waals surface area contributed by atoms with E-state index >= 15 is 0 Å². The number of hydrogen-bond acceptors (Lipinski definition) is 3. The summed E-state index contributed by atoms with van der Waals surface area (Å²) < 4.78 is 0. The number of carbonyl (C=O) groups excluding carboxylic acids is 2. The second-order valence-corrected chi connectivity index (χ2v) is 3.82. The maximum Gasteiger partial charge on any atom is 0.234 e. The lowest BCUT2D eigenvalue weighted by atomic mass is 9.97. The molecular weight excluding hydrogens is 238 g/mol. The molecule has 0 aliphatic carbocycles. The van der Waals surface area contributed by atoms with Gasteiger partial charge >= 0.3 is 0 Å². The van der Waals surface area contributed by atoms with Gasteiger partial charge in [-0.25, -0.2) is 0 Å². The monoisotopic (exact) mass is 253 g/mol. The van der Waals surface area contributed by atoms with E-state index in [0.29, 0.717) is 16.7 Å². The molecule has 0 aliphatic rings. The predicted octanol–water partition coefficient (Wildman–Crippen LogP) is 3.56. The second kappa shape index (κ2) is 6.42. The molecule has 0 bridgehead atoms. The Morgan fingerprint density at radius 3 is 2.05 bits per heavy atom. The number of hydrogen-bond donors (Lipinski definition) is 1. The lowest BCUT2D eigenvalue weighted by Crippen LogP contribution is -2.15. The molecule has 3 nitrogen and oxygen atoms in total. The average molecular weight is 253 g/mol. The highest BCUT2D eigenvalue weighted by Crippen LogP contribution is 2.13. The smallest absolute Gasteiger partial charge is 0.234 e. The largest absolute Gasteiger partial charge is 0.344 e. The molecule has 19 heavy (non-hydrogen) atoms. The van der Waals surface area contributed by atoms with Crippen LogP contribution < -0.4 is 6.15 Å². The molecule has 3 N–H and O–H groups in total. The first-order chi connectivity index (χ1) is 8.74. The normalized spacial score (nSPS) is 9.26. The standard InChI is InChI=1S/C16H12O2.H3N/c1-2-12-8-6-7-11-14(12)16(18)15(17)13-9-4-3-5-10-13;/h2-11H,1H2;1H3. The Balaban J connectivity index is 0.00000180. The van der Waals surface area contributed by atoms with Crippen LogP contribution in [0, 0.1) is 0 Å². The fourth-order valence-electron chi connectivity index (χ4n) is 1.72. The predicted molar refractivity (Wildman–Crippen MR) is 76.7 cm³/mol. The first kappa shape index (κ1) is 14.5. The van der Waals surface area contributed by atoms with Gasteiger partial charge in [0.2, 0.25) is 11.6 Å². The van der Waals surface area contributed by atoms with Crippen molar-refractivity contribution in [1.29, 1.82) is 0 Å². The van der Waals surface area contributed by atoms with E-state index in [4.69, 9.17) is 0 Å². The lowest BCUT2D eigenvalue weighted by Gasteiger charge is -2.04. The lowest BCUT2D eigenvalue weighted by molar-refractivity contribution is 0.0817. The molecular formula is C16H15NO2. The van der Waals surface area contributed by atoms with Gasteiger partial charge in [0.05, 0.1) is 0 Å². The molecule has 0 spiro atoms.